The summed E-state index contributed by atoms with van der Waals surface area (Å²) >= 11 is 0. The minimum Gasteiger partial charge on any atom is -0.460 e. The van der Waals surface area contributed by atoms with Crippen LogP contribution in [0.3, 0.4) is 0 Å². The van der Waals surface area contributed by atoms with E-state index in [0.717, 1.165) is 17.8 Å². The van der Waals surface area contributed by atoms with Crippen LogP contribution in [-0.2, 0) is 30.0 Å². The Hall–Kier alpha value is -3.68. The number of ether oxygens (including phenoxy) is 2. The second-order valence-electron chi connectivity index (χ2n) is 9.16. The third-order valence-electron chi connectivity index (χ3n) is 6.05. The van der Waals surface area contributed by atoms with Gasteiger partial charge in [-0.1, -0.05) is 48.5 Å². The van der Waals surface area contributed by atoms with Gasteiger partial charge in [-0.25, -0.2) is 9.36 Å². The molecule has 15 heteroatoms. The Morgan fingerprint density at radius 3 is 2.51 bits per heavy atom. The molecule has 0 aliphatic carbocycles. The summed E-state index contributed by atoms with van der Waals surface area (Å²) < 4.78 is 65.4. The van der Waals surface area contributed by atoms with E-state index in [1.807, 2.05) is 6.07 Å². The molecule has 1 fully saturated rings. The number of halogens is 2. The van der Waals surface area contributed by atoms with Crippen molar-refractivity contribution in [1.82, 2.24) is 14.6 Å². The molecule has 0 spiro atoms. The third kappa shape index (κ3) is 7.54. The topological polar surface area (TPSA) is 164 Å². The van der Waals surface area contributed by atoms with Gasteiger partial charge in [-0.2, -0.15) is 18.9 Å². The van der Waals surface area contributed by atoms with E-state index in [2.05, 4.69) is 10.1 Å². The molecule has 3 aromatic rings. The number of aromatic nitrogens is 2. The number of nitrogens with one attached hydrogen (secondary N) is 1. The molecule has 1 aliphatic heterocycles. The molecule has 0 amide bonds. The first-order valence-electron chi connectivity index (χ1n) is 12.5. The van der Waals surface area contributed by atoms with Crippen LogP contribution in [0.2, 0.25) is 0 Å². The van der Waals surface area contributed by atoms with Crippen LogP contribution in [0.5, 0.6) is 5.75 Å². The maximum absolute atomic E-state index is 14.8. The molecule has 220 valence electrons. The lowest BCUT2D eigenvalue weighted by molar-refractivity contribution is -0.146. The molecule has 1 unspecified atom stereocenters. The summed E-state index contributed by atoms with van der Waals surface area (Å²) in [4.78, 5) is 28.1. The molecule has 1 aliphatic rings. The number of nitrogens with zero attached hydrogens (tertiary/aromatic N) is 2. The molecule has 0 radical (unpaired) electrons. The van der Waals surface area contributed by atoms with E-state index in [9.17, 15) is 28.0 Å². The van der Waals surface area contributed by atoms with Crippen LogP contribution in [0.4, 0.5) is 14.6 Å². The van der Waals surface area contributed by atoms with Crippen LogP contribution < -0.4 is 21.0 Å². The molecule has 12 nitrogen and oxygen atoms in total. The number of para-hydroxylation sites is 1. The van der Waals surface area contributed by atoms with Gasteiger partial charge in [0.2, 0.25) is 6.23 Å². The number of nitrogens with two attached hydrogens (primary N) is 1. The largest absolute Gasteiger partial charge is 0.460 e. The van der Waals surface area contributed by atoms with Crippen molar-refractivity contribution in [2.75, 3.05) is 12.3 Å². The number of aliphatic hydroxyl groups is 1. The zero-order chi connectivity index (χ0) is 29.6. The van der Waals surface area contributed by atoms with E-state index < -0.39 is 56.4 Å². The summed E-state index contributed by atoms with van der Waals surface area (Å²) in [7, 11) is -4.30. The molecule has 4 rings (SSSR count). The summed E-state index contributed by atoms with van der Waals surface area (Å²) in [5.41, 5.74) is 5.07. The van der Waals surface area contributed by atoms with E-state index >= 15 is 0 Å². The fourth-order valence-electron chi connectivity index (χ4n) is 3.95. The smallest absolute Gasteiger partial charge is 0.459 e. The molecule has 4 N–H and O–H groups in total. The molecule has 1 saturated heterocycles. The first kappa shape index (κ1) is 30.3. The number of carbonyl (C=O) groups is 1. The van der Waals surface area contributed by atoms with Gasteiger partial charge in [0.1, 0.15) is 30.3 Å². The van der Waals surface area contributed by atoms with Gasteiger partial charge in [0.15, 0.2) is 0 Å². The van der Waals surface area contributed by atoms with Gasteiger partial charge in [0.25, 0.3) is 0 Å². The van der Waals surface area contributed by atoms with Crippen molar-refractivity contribution in [3.63, 3.8) is 0 Å². The Morgan fingerprint density at radius 1 is 1.20 bits per heavy atom. The van der Waals surface area contributed by atoms with Gasteiger partial charge in [0.05, 0.1) is 12.7 Å². The summed E-state index contributed by atoms with van der Waals surface area (Å²) in [6, 6.07) is 16.9. The lowest BCUT2D eigenvalue weighted by Crippen LogP contribution is -2.41. The van der Waals surface area contributed by atoms with Crippen molar-refractivity contribution in [1.29, 1.82) is 0 Å². The maximum Gasteiger partial charge on any atom is 0.459 e. The highest BCUT2D eigenvalue weighted by molar-refractivity contribution is 7.52. The van der Waals surface area contributed by atoms with E-state index in [1.54, 1.807) is 42.5 Å². The first-order valence-corrected chi connectivity index (χ1v) is 14.1. The van der Waals surface area contributed by atoms with E-state index in [1.165, 1.54) is 19.1 Å². The van der Waals surface area contributed by atoms with Gasteiger partial charge >= 0.3 is 25.3 Å². The Bertz CT molecular complexity index is 1430. The lowest BCUT2D eigenvalue weighted by atomic mass is 10.1. The van der Waals surface area contributed by atoms with E-state index in [4.69, 9.17) is 24.3 Å². The second-order valence-corrected chi connectivity index (χ2v) is 10.9. The van der Waals surface area contributed by atoms with Crippen LogP contribution in [-0.4, -0.2) is 51.4 Å². The van der Waals surface area contributed by atoms with Gasteiger partial charge in [-0.3, -0.25) is 13.9 Å². The Balaban J connectivity index is 1.41. The van der Waals surface area contributed by atoms with Crippen molar-refractivity contribution in [2.45, 2.75) is 50.4 Å². The van der Waals surface area contributed by atoms with Gasteiger partial charge in [-0.15, -0.1) is 0 Å². The number of benzene rings is 2. The van der Waals surface area contributed by atoms with Gasteiger partial charge < -0.3 is 24.8 Å². The van der Waals surface area contributed by atoms with Crippen LogP contribution in [0, 0.1) is 0 Å². The molecule has 0 bridgehead atoms. The SMILES string of the molecule is C[C@H](NP(=O)(OCC[C@H]1O[C@@H](n2ccc(N)nc2=O)C(F)(F)[C@@H]1O)Oc1ccccc1)C(=O)OCc1ccccc1. The number of nitrogen functional groups attached to an aromatic ring is 1. The Morgan fingerprint density at radius 2 is 1.85 bits per heavy atom. The number of rotatable bonds is 12. The minimum absolute atomic E-state index is 0.0186. The molecule has 41 heavy (non-hydrogen) atoms. The average Bonchev–Trinajstić information content (AvgIpc) is 3.16. The Kier molecular flexibility index (Phi) is 9.51. The minimum atomic E-state index is -4.30. The standard InChI is InChI=1S/C26H29F2N4O8P/c1-17(23(34)37-16-18-8-4-2-5-9-18)31-41(36,40-19-10-6-3-7-11-19)38-15-13-20-22(33)26(27,28)24(39-20)32-14-12-21(29)30-25(32)35/h2-12,14,17,20,22,24,33H,13,15-16H2,1H3,(H,31,36)(H2,29,30,35)/t17-,20+,22+,24+,41?/m0/s1. The van der Waals surface area contributed by atoms with Crippen LogP contribution in [0.1, 0.15) is 25.1 Å². The molecule has 0 saturated carbocycles. The van der Waals surface area contributed by atoms with Crippen molar-refractivity contribution >= 4 is 19.5 Å². The van der Waals surface area contributed by atoms with E-state index in [-0.39, 0.29) is 24.6 Å². The number of hydrogen-bond acceptors (Lipinski definition) is 10. The molecule has 1 aromatic heterocycles. The highest BCUT2D eigenvalue weighted by atomic mass is 31.2. The van der Waals surface area contributed by atoms with Crippen LogP contribution >= 0.6 is 7.75 Å². The molecular formula is C26H29F2N4O8P. The second kappa shape index (κ2) is 12.9. The first-order chi connectivity index (χ1) is 19.5. The maximum atomic E-state index is 14.8. The van der Waals surface area contributed by atoms with E-state index in [0.29, 0.717) is 4.57 Å². The zero-order valence-corrected chi connectivity index (χ0v) is 22.7. The number of esters is 1. The van der Waals surface area contributed by atoms with Crippen molar-refractivity contribution in [3.8, 4) is 5.75 Å². The van der Waals surface area contributed by atoms with Crippen molar-refractivity contribution in [2.24, 2.45) is 0 Å². The molecular weight excluding hydrogens is 565 g/mol. The number of alkyl halides is 2. The number of hydrogen-bond donors (Lipinski definition) is 3. The number of anilines is 1. The van der Waals surface area contributed by atoms with Crippen molar-refractivity contribution < 1.29 is 41.8 Å². The average molecular weight is 595 g/mol. The summed E-state index contributed by atoms with van der Waals surface area (Å²) in [5, 5.41) is 12.8. The van der Waals surface area contributed by atoms with Gasteiger partial charge in [0, 0.05) is 12.6 Å². The molecule has 2 heterocycles. The van der Waals surface area contributed by atoms with Crippen LogP contribution in [0.25, 0.3) is 0 Å². The van der Waals surface area contributed by atoms with Crippen molar-refractivity contribution in [3.05, 3.63) is 89.0 Å². The Labute approximate surface area is 233 Å². The van der Waals surface area contributed by atoms with Crippen LogP contribution in [0.15, 0.2) is 77.7 Å². The number of carbonyl (C=O) groups excluding carboxylic acids is 1. The predicted molar refractivity (Wildman–Crippen MR) is 142 cm³/mol. The lowest BCUT2D eigenvalue weighted by Gasteiger charge is -2.23. The highest BCUT2D eigenvalue weighted by Gasteiger charge is 2.59. The quantitative estimate of drug-likeness (QED) is 0.209. The highest BCUT2D eigenvalue weighted by Crippen LogP contribution is 2.47. The zero-order valence-electron chi connectivity index (χ0n) is 21.8. The summed E-state index contributed by atoms with van der Waals surface area (Å²) in [6.07, 6.45) is -5.39. The fourth-order valence-corrected chi connectivity index (χ4v) is 5.45. The fraction of sp³-hybridized carbons (Fsp3) is 0.346. The third-order valence-corrected chi connectivity index (χ3v) is 7.72. The normalized spacial score (nSPS) is 22.0. The predicted octanol–water partition coefficient (Wildman–Crippen LogP) is 3.03. The summed E-state index contributed by atoms with van der Waals surface area (Å²) in [5.74, 6) is -4.63. The van der Waals surface area contributed by atoms with Gasteiger partial charge in [-0.05, 0) is 30.7 Å². The monoisotopic (exact) mass is 594 g/mol. The summed E-state index contributed by atoms with van der Waals surface area (Å²) in [6.45, 7) is 0.878. The molecule has 5 atom stereocenters. The molecule has 2 aromatic carbocycles. The number of aliphatic hydroxyl groups excluding tert-OH is 1.